The summed E-state index contributed by atoms with van der Waals surface area (Å²) >= 11 is 0. The van der Waals surface area contributed by atoms with Crippen LogP contribution in [-0.2, 0) is 4.79 Å². The largest absolute Gasteiger partial charge is 0.353 e. The van der Waals surface area contributed by atoms with E-state index in [1.807, 2.05) is 0 Å². The summed E-state index contributed by atoms with van der Waals surface area (Å²) in [5.41, 5.74) is 0. The van der Waals surface area contributed by atoms with Crippen LogP contribution in [0.3, 0.4) is 0 Å². The minimum Gasteiger partial charge on any atom is -0.353 e. The Balaban J connectivity index is 0.00000162. The molecule has 4 heteroatoms. The third kappa shape index (κ3) is 3.86. The van der Waals surface area contributed by atoms with Crippen LogP contribution in [0.15, 0.2) is 0 Å². The van der Waals surface area contributed by atoms with Crippen LogP contribution in [0.4, 0.5) is 0 Å². The van der Waals surface area contributed by atoms with Crippen LogP contribution in [0.2, 0.25) is 0 Å². The maximum absolute atomic E-state index is 11.9. The fourth-order valence-corrected chi connectivity index (χ4v) is 3.02. The molecule has 0 radical (unpaired) electrons. The highest BCUT2D eigenvalue weighted by Gasteiger charge is 2.29. The quantitative estimate of drug-likeness (QED) is 0.826. The summed E-state index contributed by atoms with van der Waals surface area (Å²) < 4.78 is 0. The van der Waals surface area contributed by atoms with Gasteiger partial charge in [-0.25, -0.2) is 0 Å². The zero-order valence-corrected chi connectivity index (χ0v) is 12.4. The molecule has 0 bridgehead atoms. The van der Waals surface area contributed by atoms with Crippen LogP contribution in [-0.4, -0.2) is 25.0 Å². The fraction of sp³-hybridized carbons (Fsp3) is 0.929. The van der Waals surface area contributed by atoms with E-state index in [1.54, 1.807) is 0 Å². The molecule has 1 saturated carbocycles. The topological polar surface area (TPSA) is 41.1 Å². The number of halogens is 1. The monoisotopic (exact) mass is 274 g/mol. The van der Waals surface area contributed by atoms with Gasteiger partial charge in [-0.05, 0) is 18.8 Å². The molecule has 1 aliphatic heterocycles. The van der Waals surface area contributed by atoms with Crippen molar-refractivity contribution in [1.29, 1.82) is 0 Å². The van der Waals surface area contributed by atoms with Crippen molar-refractivity contribution in [2.45, 2.75) is 52.0 Å². The minimum absolute atomic E-state index is 0. The molecular weight excluding hydrogens is 248 g/mol. The molecule has 2 N–H and O–H groups in total. The molecule has 2 rings (SSSR count). The van der Waals surface area contributed by atoms with Crippen molar-refractivity contribution in [3.63, 3.8) is 0 Å². The molecule has 0 aromatic carbocycles. The van der Waals surface area contributed by atoms with E-state index in [0.29, 0.717) is 12.0 Å². The minimum atomic E-state index is 0. The lowest BCUT2D eigenvalue weighted by atomic mass is 9.78. The second kappa shape index (κ2) is 7.34. The van der Waals surface area contributed by atoms with Crippen molar-refractivity contribution in [2.75, 3.05) is 13.1 Å². The molecule has 2 aliphatic rings. The molecule has 2 unspecified atom stereocenters. The number of nitrogens with one attached hydrogen (secondary N) is 2. The summed E-state index contributed by atoms with van der Waals surface area (Å²) in [7, 11) is 0. The Hall–Kier alpha value is -0.280. The summed E-state index contributed by atoms with van der Waals surface area (Å²) in [5, 5.41) is 6.35. The average Bonchev–Trinajstić information content (AvgIpc) is 2.26. The number of hydrogen-bond acceptors (Lipinski definition) is 2. The highest BCUT2D eigenvalue weighted by Crippen LogP contribution is 2.31. The average molecular weight is 275 g/mol. The number of rotatable bonds is 4. The molecule has 2 atom stereocenters. The van der Waals surface area contributed by atoms with Crippen LogP contribution in [0, 0.1) is 17.8 Å². The first kappa shape index (κ1) is 15.8. The Labute approximate surface area is 117 Å². The van der Waals surface area contributed by atoms with Crippen LogP contribution in [0.5, 0.6) is 0 Å². The van der Waals surface area contributed by atoms with E-state index in [2.05, 4.69) is 24.5 Å². The zero-order valence-electron chi connectivity index (χ0n) is 11.6. The predicted octanol–water partition coefficient (Wildman–Crippen LogP) is 2.35. The molecule has 3 nitrogen and oxygen atoms in total. The van der Waals surface area contributed by atoms with Gasteiger partial charge in [-0.15, -0.1) is 12.4 Å². The van der Waals surface area contributed by atoms with Crippen molar-refractivity contribution >= 4 is 18.3 Å². The van der Waals surface area contributed by atoms with E-state index in [0.717, 1.165) is 19.0 Å². The normalized spacial score (nSPS) is 24.6. The molecule has 1 aliphatic carbocycles. The van der Waals surface area contributed by atoms with E-state index >= 15 is 0 Å². The second-order valence-corrected chi connectivity index (χ2v) is 5.91. The number of carbonyl (C=O) groups excluding carboxylic acids is 1. The molecule has 1 saturated heterocycles. The maximum atomic E-state index is 11.9. The van der Waals surface area contributed by atoms with Gasteiger partial charge in [-0.1, -0.05) is 39.0 Å². The summed E-state index contributed by atoms with van der Waals surface area (Å²) in [6.45, 7) is 6.19. The molecule has 106 valence electrons. The van der Waals surface area contributed by atoms with Gasteiger partial charge in [0, 0.05) is 19.1 Å². The van der Waals surface area contributed by atoms with Crippen molar-refractivity contribution in [3.05, 3.63) is 0 Å². The Morgan fingerprint density at radius 2 is 1.78 bits per heavy atom. The predicted molar refractivity (Wildman–Crippen MR) is 77.0 cm³/mol. The third-order valence-electron chi connectivity index (χ3n) is 4.70. The molecular formula is C14H27ClN2O. The number of carbonyl (C=O) groups is 1. The first-order valence-electron chi connectivity index (χ1n) is 7.19. The van der Waals surface area contributed by atoms with Crippen LogP contribution in [0.1, 0.15) is 46.0 Å². The molecule has 1 heterocycles. The van der Waals surface area contributed by atoms with E-state index in [1.165, 1.54) is 32.1 Å². The fourth-order valence-electron chi connectivity index (χ4n) is 3.02. The summed E-state index contributed by atoms with van der Waals surface area (Å²) in [6.07, 6.45) is 6.86. The summed E-state index contributed by atoms with van der Waals surface area (Å²) in [6, 6.07) is 0.325. The molecule has 2 fully saturated rings. The van der Waals surface area contributed by atoms with Gasteiger partial charge in [0.2, 0.25) is 5.91 Å². The van der Waals surface area contributed by atoms with Gasteiger partial charge in [0.15, 0.2) is 0 Å². The molecule has 1 amide bonds. The molecule has 0 spiro atoms. The molecule has 0 aromatic heterocycles. The van der Waals surface area contributed by atoms with Crippen molar-refractivity contribution in [2.24, 2.45) is 17.8 Å². The smallest absolute Gasteiger partial charge is 0.225 e. The van der Waals surface area contributed by atoms with Gasteiger partial charge in [-0.3, -0.25) is 4.79 Å². The van der Waals surface area contributed by atoms with Crippen molar-refractivity contribution in [3.8, 4) is 0 Å². The zero-order chi connectivity index (χ0) is 12.3. The lowest BCUT2D eigenvalue weighted by Crippen LogP contribution is -2.53. The van der Waals surface area contributed by atoms with Gasteiger partial charge in [0.1, 0.15) is 0 Å². The SMILES string of the molecule is CC(NC(=O)C1CNC1)C(C)C1CCCCC1.Cl. The lowest BCUT2D eigenvalue weighted by Gasteiger charge is -2.34. The number of hydrogen-bond donors (Lipinski definition) is 2. The summed E-state index contributed by atoms with van der Waals surface area (Å²) in [5.74, 6) is 1.90. The number of amides is 1. The maximum Gasteiger partial charge on any atom is 0.225 e. The van der Waals surface area contributed by atoms with E-state index in [-0.39, 0.29) is 24.2 Å². The van der Waals surface area contributed by atoms with E-state index in [9.17, 15) is 4.79 Å². The molecule has 0 aromatic rings. The molecule has 18 heavy (non-hydrogen) atoms. The Morgan fingerprint density at radius 1 is 1.17 bits per heavy atom. The van der Waals surface area contributed by atoms with Gasteiger partial charge in [0.05, 0.1) is 5.92 Å². The Bertz CT molecular complexity index is 263. The van der Waals surface area contributed by atoms with E-state index < -0.39 is 0 Å². The second-order valence-electron chi connectivity index (χ2n) is 5.91. The van der Waals surface area contributed by atoms with Gasteiger partial charge in [0.25, 0.3) is 0 Å². The Kier molecular flexibility index (Phi) is 6.44. The Morgan fingerprint density at radius 3 is 2.28 bits per heavy atom. The van der Waals surface area contributed by atoms with Crippen molar-refractivity contribution in [1.82, 2.24) is 10.6 Å². The van der Waals surface area contributed by atoms with Crippen LogP contribution >= 0.6 is 12.4 Å². The van der Waals surface area contributed by atoms with Gasteiger partial charge in [-0.2, -0.15) is 0 Å². The first-order valence-corrected chi connectivity index (χ1v) is 7.19. The third-order valence-corrected chi connectivity index (χ3v) is 4.70. The van der Waals surface area contributed by atoms with Crippen molar-refractivity contribution < 1.29 is 4.79 Å². The highest BCUT2D eigenvalue weighted by atomic mass is 35.5. The van der Waals surface area contributed by atoms with Gasteiger partial charge < -0.3 is 10.6 Å². The standard InChI is InChI=1S/C14H26N2O.ClH/c1-10(12-6-4-3-5-7-12)11(2)16-14(17)13-8-15-9-13;/h10-13,15H,3-9H2,1-2H3,(H,16,17);1H. The van der Waals surface area contributed by atoms with Crippen LogP contribution in [0.25, 0.3) is 0 Å². The highest BCUT2D eigenvalue weighted by molar-refractivity contribution is 5.85. The first-order chi connectivity index (χ1) is 8.18. The van der Waals surface area contributed by atoms with Crippen LogP contribution < -0.4 is 10.6 Å². The summed E-state index contributed by atoms with van der Waals surface area (Å²) in [4.78, 5) is 11.9. The van der Waals surface area contributed by atoms with Gasteiger partial charge >= 0.3 is 0 Å². The lowest BCUT2D eigenvalue weighted by molar-refractivity contribution is -0.127. The van der Waals surface area contributed by atoms with E-state index in [4.69, 9.17) is 0 Å².